The van der Waals surface area contributed by atoms with E-state index in [2.05, 4.69) is 10.3 Å². The van der Waals surface area contributed by atoms with Crippen molar-refractivity contribution in [1.82, 2.24) is 4.98 Å². The molecule has 86 valence electrons. The van der Waals surface area contributed by atoms with E-state index >= 15 is 0 Å². The largest absolute Gasteiger partial charge is 0.506 e. The Morgan fingerprint density at radius 2 is 2.00 bits per heavy atom. The number of phenols is 1. The predicted octanol–water partition coefficient (Wildman–Crippen LogP) is 2.69. The maximum absolute atomic E-state index is 11.8. The first kappa shape index (κ1) is 11.4. The lowest BCUT2D eigenvalue weighted by Gasteiger charge is -2.07. The summed E-state index contributed by atoms with van der Waals surface area (Å²) in [6.07, 6.45) is 1.48. The Bertz CT molecular complexity index is 558. The third kappa shape index (κ3) is 2.54. The Balaban J connectivity index is 2.24. The second-order valence-electron chi connectivity index (χ2n) is 3.31. The minimum atomic E-state index is -0.461. The van der Waals surface area contributed by atoms with E-state index in [1.165, 1.54) is 12.3 Å². The molecule has 0 fully saturated rings. The number of hydrogen-bond acceptors (Lipinski definition) is 3. The number of hydrogen-bond donors (Lipinski definition) is 2. The summed E-state index contributed by atoms with van der Waals surface area (Å²) < 4.78 is 0. The molecular formula is C12H9ClN2O2. The van der Waals surface area contributed by atoms with Crippen LogP contribution in [0.15, 0.2) is 42.6 Å². The molecule has 5 heteroatoms. The van der Waals surface area contributed by atoms with Gasteiger partial charge in [-0.05, 0) is 24.3 Å². The van der Waals surface area contributed by atoms with Crippen molar-refractivity contribution in [2.24, 2.45) is 0 Å². The van der Waals surface area contributed by atoms with Crippen LogP contribution in [0.3, 0.4) is 0 Å². The van der Waals surface area contributed by atoms with Crippen LogP contribution in [-0.2, 0) is 0 Å². The highest BCUT2D eigenvalue weighted by Crippen LogP contribution is 2.23. The number of benzene rings is 1. The number of amides is 1. The Morgan fingerprint density at radius 1 is 1.24 bits per heavy atom. The number of aromatic hydroxyl groups is 1. The quantitative estimate of drug-likeness (QED) is 0.804. The third-order valence-corrected chi connectivity index (χ3v) is 2.43. The van der Waals surface area contributed by atoms with E-state index in [0.717, 1.165) is 0 Å². The average Bonchev–Trinajstić information content (AvgIpc) is 2.32. The van der Waals surface area contributed by atoms with Gasteiger partial charge in [0.1, 0.15) is 11.4 Å². The van der Waals surface area contributed by atoms with Crippen molar-refractivity contribution < 1.29 is 9.90 Å². The van der Waals surface area contributed by atoms with Crippen LogP contribution in [0.5, 0.6) is 5.75 Å². The van der Waals surface area contributed by atoms with Crippen molar-refractivity contribution in [1.29, 1.82) is 0 Å². The Kier molecular flexibility index (Phi) is 3.25. The molecule has 0 spiro atoms. The second-order valence-corrected chi connectivity index (χ2v) is 3.71. The second kappa shape index (κ2) is 4.84. The molecule has 0 atom stereocenters. The summed E-state index contributed by atoms with van der Waals surface area (Å²) in [6, 6.07) is 9.65. The van der Waals surface area contributed by atoms with Gasteiger partial charge in [-0.1, -0.05) is 23.7 Å². The average molecular weight is 249 g/mol. The summed E-state index contributed by atoms with van der Waals surface area (Å²) in [5.74, 6) is -0.468. The number of nitrogens with zero attached hydrogens (tertiary/aromatic N) is 1. The Hall–Kier alpha value is -2.07. The first-order chi connectivity index (χ1) is 8.18. The van der Waals surface area contributed by atoms with Crippen molar-refractivity contribution >= 4 is 23.2 Å². The van der Waals surface area contributed by atoms with E-state index in [1.807, 2.05) is 0 Å². The number of phenolic OH excluding ortho intramolecular Hbond substituents is 1. The number of para-hydroxylation sites is 2. The first-order valence-electron chi connectivity index (χ1n) is 4.88. The highest BCUT2D eigenvalue weighted by atomic mass is 35.5. The van der Waals surface area contributed by atoms with Gasteiger partial charge in [-0.15, -0.1) is 0 Å². The number of pyridine rings is 1. The van der Waals surface area contributed by atoms with E-state index in [4.69, 9.17) is 11.6 Å². The highest BCUT2D eigenvalue weighted by molar-refractivity contribution is 6.34. The van der Waals surface area contributed by atoms with Crippen LogP contribution in [0.2, 0.25) is 5.02 Å². The molecule has 4 nitrogen and oxygen atoms in total. The molecule has 2 rings (SSSR count). The first-order valence-corrected chi connectivity index (χ1v) is 5.26. The monoisotopic (exact) mass is 248 g/mol. The van der Waals surface area contributed by atoms with Gasteiger partial charge in [0.25, 0.3) is 5.91 Å². The molecule has 0 saturated carbocycles. The molecular weight excluding hydrogens is 240 g/mol. The molecule has 17 heavy (non-hydrogen) atoms. The van der Waals surface area contributed by atoms with Crippen LogP contribution in [0.1, 0.15) is 10.5 Å². The summed E-state index contributed by atoms with van der Waals surface area (Å²) in [5.41, 5.74) is 0.441. The van der Waals surface area contributed by atoms with Crippen LogP contribution in [0.25, 0.3) is 0 Å². The van der Waals surface area contributed by atoms with Gasteiger partial charge in [-0.3, -0.25) is 4.79 Å². The van der Waals surface area contributed by atoms with Gasteiger partial charge in [0.15, 0.2) is 0 Å². The van der Waals surface area contributed by atoms with Crippen molar-refractivity contribution in [2.45, 2.75) is 0 Å². The SMILES string of the molecule is O=C(Nc1ccccc1O)c1ncccc1Cl. The summed E-state index contributed by atoms with van der Waals surface area (Å²) in [7, 11) is 0. The number of halogens is 1. The molecule has 1 aromatic carbocycles. The van der Waals surface area contributed by atoms with Crippen LogP contribution in [-0.4, -0.2) is 16.0 Å². The minimum absolute atomic E-state index is 0.00657. The maximum atomic E-state index is 11.8. The molecule has 0 aliphatic rings. The van der Waals surface area contributed by atoms with Crippen LogP contribution >= 0.6 is 11.6 Å². The van der Waals surface area contributed by atoms with Gasteiger partial charge in [0, 0.05) is 6.20 Å². The van der Waals surface area contributed by atoms with E-state index in [9.17, 15) is 9.90 Å². The zero-order valence-corrected chi connectivity index (χ0v) is 9.48. The number of aromatic nitrogens is 1. The molecule has 1 amide bonds. The van der Waals surface area contributed by atoms with E-state index in [0.29, 0.717) is 5.69 Å². The van der Waals surface area contributed by atoms with Crippen LogP contribution in [0, 0.1) is 0 Å². The van der Waals surface area contributed by atoms with Gasteiger partial charge in [0.2, 0.25) is 0 Å². The van der Waals surface area contributed by atoms with Gasteiger partial charge < -0.3 is 10.4 Å². The van der Waals surface area contributed by atoms with E-state index in [-0.39, 0.29) is 16.5 Å². The topological polar surface area (TPSA) is 62.2 Å². The zero-order valence-electron chi connectivity index (χ0n) is 8.72. The molecule has 0 unspecified atom stereocenters. The Morgan fingerprint density at radius 3 is 2.71 bits per heavy atom. The molecule has 1 heterocycles. The fraction of sp³-hybridized carbons (Fsp3) is 0. The van der Waals surface area contributed by atoms with Crippen molar-refractivity contribution in [2.75, 3.05) is 5.32 Å². The number of carbonyl (C=O) groups excluding carboxylic acids is 1. The van der Waals surface area contributed by atoms with Gasteiger partial charge >= 0.3 is 0 Å². The van der Waals surface area contributed by atoms with Crippen LogP contribution < -0.4 is 5.32 Å². The standard InChI is InChI=1S/C12H9ClN2O2/c13-8-4-3-7-14-11(8)12(17)15-9-5-1-2-6-10(9)16/h1-7,16H,(H,15,17). The summed E-state index contributed by atoms with van der Waals surface area (Å²) >= 11 is 5.84. The van der Waals surface area contributed by atoms with Gasteiger partial charge in [0.05, 0.1) is 10.7 Å². The minimum Gasteiger partial charge on any atom is -0.506 e. The molecule has 0 aliphatic heterocycles. The smallest absolute Gasteiger partial charge is 0.275 e. The van der Waals surface area contributed by atoms with Crippen LogP contribution in [0.4, 0.5) is 5.69 Å². The normalized spacial score (nSPS) is 9.94. The summed E-state index contributed by atoms with van der Waals surface area (Å²) in [5, 5.41) is 12.3. The van der Waals surface area contributed by atoms with Crippen molar-refractivity contribution in [3.8, 4) is 5.75 Å². The molecule has 0 bridgehead atoms. The number of anilines is 1. The highest BCUT2D eigenvalue weighted by Gasteiger charge is 2.12. The number of rotatable bonds is 2. The fourth-order valence-corrected chi connectivity index (χ4v) is 1.52. The summed E-state index contributed by atoms with van der Waals surface area (Å²) in [6.45, 7) is 0. The molecule has 0 aliphatic carbocycles. The lowest BCUT2D eigenvalue weighted by atomic mass is 10.2. The fourth-order valence-electron chi connectivity index (χ4n) is 1.31. The Labute approximate surface area is 103 Å². The van der Waals surface area contributed by atoms with Gasteiger partial charge in [-0.2, -0.15) is 0 Å². The predicted molar refractivity (Wildman–Crippen MR) is 65.3 cm³/mol. The molecule has 2 aromatic rings. The molecule has 0 radical (unpaired) electrons. The third-order valence-electron chi connectivity index (χ3n) is 2.13. The van der Waals surface area contributed by atoms with E-state index in [1.54, 1.807) is 30.3 Å². The number of nitrogens with one attached hydrogen (secondary N) is 1. The van der Waals surface area contributed by atoms with Crippen molar-refractivity contribution in [3.05, 3.63) is 53.3 Å². The van der Waals surface area contributed by atoms with E-state index < -0.39 is 5.91 Å². The summed E-state index contributed by atoms with van der Waals surface area (Å²) in [4.78, 5) is 15.7. The molecule has 0 saturated heterocycles. The number of carbonyl (C=O) groups is 1. The lowest BCUT2D eigenvalue weighted by molar-refractivity contribution is 0.102. The van der Waals surface area contributed by atoms with Crippen molar-refractivity contribution in [3.63, 3.8) is 0 Å². The molecule has 1 aromatic heterocycles. The molecule has 2 N–H and O–H groups in total. The van der Waals surface area contributed by atoms with Gasteiger partial charge in [-0.25, -0.2) is 4.98 Å². The maximum Gasteiger partial charge on any atom is 0.275 e. The zero-order chi connectivity index (χ0) is 12.3. The lowest BCUT2D eigenvalue weighted by Crippen LogP contribution is -2.14.